The van der Waals surface area contributed by atoms with Crippen LogP contribution in [0, 0.1) is 6.92 Å². The molecule has 33 heavy (non-hydrogen) atoms. The smallest absolute Gasteiger partial charge is 0.267 e. The molecule has 9 heteroatoms. The highest BCUT2D eigenvalue weighted by molar-refractivity contribution is 7.99. The van der Waals surface area contributed by atoms with Gasteiger partial charge in [0.2, 0.25) is 11.7 Å². The molecular formula is C24H18ClN5O2S. The first-order chi connectivity index (χ1) is 16.0. The number of aryl methyl sites for hydroxylation is 1. The molecule has 0 unspecified atom stereocenters. The van der Waals surface area contributed by atoms with E-state index in [1.54, 1.807) is 34.9 Å². The van der Waals surface area contributed by atoms with E-state index in [4.69, 9.17) is 11.6 Å². The molecule has 0 aliphatic rings. The summed E-state index contributed by atoms with van der Waals surface area (Å²) in [6.07, 6.45) is 0. The number of halogens is 1. The van der Waals surface area contributed by atoms with Gasteiger partial charge in [-0.15, -0.1) is 10.2 Å². The van der Waals surface area contributed by atoms with Gasteiger partial charge < -0.3 is 5.32 Å². The number of amides is 1. The van der Waals surface area contributed by atoms with E-state index in [0.717, 1.165) is 5.56 Å². The van der Waals surface area contributed by atoms with Gasteiger partial charge in [-0.1, -0.05) is 53.2 Å². The molecule has 5 aromatic rings. The second-order valence-electron chi connectivity index (χ2n) is 7.45. The van der Waals surface area contributed by atoms with Gasteiger partial charge in [0.05, 0.1) is 22.3 Å². The Morgan fingerprint density at radius 2 is 1.73 bits per heavy atom. The molecule has 0 fully saturated rings. The highest BCUT2D eigenvalue weighted by Gasteiger charge is 2.18. The first-order valence-electron chi connectivity index (χ1n) is 10.2. The maximum atomic E-state index is 13.3. The molecule has 0 radical (unpaired) electrons. The Hall–Kier alpha value is -3.62. The Morgan fingerprint density at radius 1 is 1.00 bits per heavy atom. The number of carbonyl (C=O) groups excluding carboxylic acids is 1. The van der Waals surface area contributed by atoms with Gasteiger partial charge in [-0.2, -0.15) is 0 Å². The number of rotatable bonds is 5. The van der Waals surface area contributed by atoms with Gasteiger partial charge in [-0.3, -0.25) is 14.0 Å². The Bertz CT molecular complexity index is 1540. The van der Waals surface area contributed by atoms with Crippen molar-refractivity contribution in [2.45, 2.75) is 12.1 Å². The van der Waals surface area contributed by atoms with Crippen LogP contribution in [0.1, 0.15) is 5.56 Å². The molecular weight excluding hydrogens is 458 g/mol. The summed E-state index contributed by atoms with van der Waals surface area (Å²) in [5.41, 5.74) is 2.96. The maximum absolute atomic E-state index is 13.3. The summed E-state index contributed by atoms with van der Waals surface area (Å²) in [6, 6.07) is 21.9. The Kier molecular flexibility index (Phi) is 5.62. The fourth-order valence-corrected chi connectivity index (χ4v) is 4.43. The SMILES string of the molecule is Cc1ccc(-n2c(=O)c3ccccc3n3c(SCC(=O)Nc4ccc(Cl)cc4)nnc23)cc1. The van der Waals surface area contributed by atoms with Crippen molar-refractivity contribution in [3.63, 3.8) is 0 Å². The maximum Gasteiger partial charge on any atom is 0.267 e. The van der Waals surface area contributed by atoms with Crippen molar-refractivity contribution in [3.8, 4) is 5.69 Å². The molecule has 164 valence electrons. The summed E-state index contributed by atoms with van der Waals surface area (Å²) in [7, 11) is 0. The number of anilines is 1. The number of carbonyl (C=O) groups is 1. The number of thioether (sulfide) groups is 1. The molecule has 0 spiro atoms. The number of benzene rings is 3. The average Bonchev–Trinajstić information content (AvgIpc) is 3.24. The van der Waals surface area contributed by atoms with E-state index < -0.39 is 0 Å². The van der Waals surface area contributed by atoms with E-state index in [2.05, 4.69) is 15.5 Å². The number of para-hydroxylation sites is 1. The molecule has 0 aliphatic heterocycles. The first-order valence-corrected chi connectivity index (χ1v) is 11.5. The summed E-state index contributed by atoms with van der Waals surface area (Å²) >= 11 is 7.15. The van der Waals surface area contributed by atoms with Crippen LogP contribution in [0.25, 0.3) is 22.4 Å². The lowest BCUT2D eigenvalue weighted by Gasteiger charge is -2.11. The zero-order valence-electron chi connectivity index (χ0n) is 17.5. The van der Waals surface area contributed by atoms with Crippen molar-refractivity contribution in [2.24, 2.45) is 0 Å². The lowest BCUT2D eigenvalue weighted by Crippen LogP contribution is -2.22. The Morgan fingerprint density at radius 3 is 2.48 bits per heavy atom. The quantitative estimate of drug-likeness (QED) is 0.372. The van der Waals surface area contributed by atoms with Crippen LogP contribution in [0.15, 0.2) is 82.7 Å². The fraction of sp³-hybridized carbons (Fsp3) is 0.0833. The largest absolute Gasteiger partial charge is 0.325 e. The van der Waals surface area contributed by atoms with Gasteiger partial charge >= 0.3 is 0 Å². The Balaban J connectivity index is 1.54. The van der Waals surface area contributed by atoms with Crippen LogP contribution in [0.2, 0.25) is 5.02 Å². The standard InChI is InChI=1S/C24H18ClN5O2S/c1-15-6-12-18(13-7-15)29-22(32)19-4-2-3-5-20(19)30-23(29)27-28-24(30)33-14-21(31)26-17-10-8-16(25)9-11-17/h2-13H,14H2,1H3,(H,26,31). The van der Waals surface area contributed by atoms with Crippen LogP contribution >= 0.6 is 23.4 Å². The molecule has 3 aromatic carbocycles. The zero-order valence-corrected chi connectivity index (χ0v) is 19.1. The molecule has 0 aliphatic carbocycles. The molecule has 0 atom stereocenters. The third-order valence-electron chi connectivity index (χ3n) is 5.15. The second-order valence-corrected chi connectivity index (χ2v) is 8.83. The highest BCUT2D eigenvalue weighted by Crippen LogP contribution is 2.23. The van der Waals surface area contributed by atoms with Crippen LogP contribution < -0.4 is 10.9 Å². The van der Waals surface area contributed by atoms with Gasteiger partial charge in [0.1, 0.15) is 0 Å². The zero-order chi connectivity index (χ0) is 22.9. The molecule has 0 bridgehead atoms. The molecule has 1 N–H and O–H groups in total. The first kappa shape index (κ1) is 21.2. The Labute approximate surface area is 198 Å². The van der Waals surface area contributed by atoms with E-state index in [1.165, 1.54) is 11.8 Å². The topological polar surface area (TPSA) is 81.3 Å². The number of hydrogen-bond donors (Lipinski definition) is 1. The van der Waals surface area contributed by atoms with Crippen molar-refractivity contribution in [1.29, 1.82) is 0 Å². The minimum atomic E-state index is -0.185. The average molecular weight is 476 g/mol. The van der Waals surface area contributed by atoms with E-state index in [1.807, 2.05) is 53.8 Å². The summed E-state index contributed by atoms with van der Waals surface area (Å²) in [5, 5.41) is 13.1. The van der Waals surface area contributed by atoms with Crippen LogP contribution in [0.3, 0.4) is 0 Å². The predicted molar refractivity (Wildman–Crippen MR) is 132 cm³/mol. The summed E-state index contributed by atoms with van der Waals surface area (Å²) in [6.45, 7) is 1.99. The molecule has 0 saturated heterocycles. The molecule has 0 saturated carbocycles. The molecule has 7 nitrogen and oxygen atoms in total. The minimum absolute atomic E-state index is 0.126. The van der Waals surface area contributed by atoms with Crippen LogP contribution in [0.5, 0.6) is 0 Å². The van der Waals surface area contributed by atoms with Gasteiger partial charge in [0.25, 0.3) is 5.56 Å². The second kappa shape index (κ2) is 8.73. The van der Waals surface area contributed by atoms with E-state index in [9.17, 15) is 9.59 Å². The number of nitrogens with one attached hydrogen (secondary N) is 1. The molecule has 5 rings (SSSR count). The van der Waals surface area contributed by atoms with Crippen molar-refractivity contribution in [2.75, 3.05) is 11.1 Å². The third kappa shape index (κ3) is 4.10. The van der Waals surface area contributed by atoms with E-state index in [-0.39, 0.29) is 17.2 Å². The van der Waals surface area contributed by atoms with Crippen LogP contribution in [-0.2, 0) is 4.79 Å². The monoisotopic (exact) mass is 475 g/mol. The summed E-state index contributed by atoms with van der Waals surface area (Å²) < 4.78 is 3.36. The van der Waals surface area contributed by atoms with Crippen LogP contribution in [0.4, 0.5) is 5.69 Å². The van der Waals surface area contributed by atoms with Gasteiger partial charge in [-0.25, -0.2) is 4.57 Å². The number of aromatic nitrogens is 4. The van der Waals surface area contributed by atoms with Gasteiger partial charge in [0.15, 0.2) is 5.16 Å². The van der Waals surface area contributed by atoms with Crippen LogP contribution in [-0.4, -0.2) is 30.8 Å². The van der Waals surface area contributed by atoms with Crippen molar-refractivity contribution in [3.05, 3.63) is 93.7 Å². The summed E-state index contributed by atoms with van der Waals surface area (Å²) in [4.78, 5) is 25.8. The third-order valence-corrected chi connectivity index (χ3v) is 6.33. The number of nitrogens with zero attached hydrogens (tertiary/aromatic N) is 4. The van der Waals surface area contributed by atoms with E-state index in [0.29, 0.717) is 38.2 Å². The van der Waals surface area contributed by atoms with Gasteiger partial charge in [-0.05, 0) is 55.5 Å². The molecule has 2 heterocycles. The van der Waals surface area contributed by atoms with Gasteiger partial charge in [0, 0.05) is 10.7 Å². The minimum Gasteiger partial charge on any atom is -0.325 e. The highest BCUT2D eigenvalue weighted by atomic mass is 35.5. The lowest BCUT2D eigenvalue weighted by molar-refractivity contribution is -0.113. The van der Waals surface area contributed by atoms with Crippen molar-refractivity contribution >= 4 is 51.6 Å². The molecule has 1 amide bonds. The molecule has 2 aromatic heterocycles. The number of hydrogen-bond acceptors (Lipinski definition) is 5. The number of fused-ring (bicyclic) bond motifs is 3. The fourth-order valence-electron chi connectivity index (χ4n) is 3.56. The predicted octanol–water partition coefficient (Wildman–Crippen LogP) is 4.73. The van der Waals surface area contributed by atoms with E-state index >= 15 is 0 Å². The lowest BCUT2D eigenvalue weighted by atomic mass is 10.2. The normalized spacial score (nSPS) is 11.2. The summed E-state index contributed by atoms with van der Waals surface area (Å²) in [5.74, 6) is 0.333. The van der Waals surface area contributed by atoms with Crippen molar-refractivity contribution < 1.29 is 4.79 Å². The van der Waals surface area contributed by atoms with Crippen molar-refractivity contribution in [1.82, 2.24) is 19.2 Å².